The second-order valence-electron chi connectivity index (χ2n) is 3.03. The Morgan fingerprint density at radius 2 is 2.19 bits per heavy atom. The molecule has 16 heavy (non-hydrogen) atoms. The van der Waals surface area contributed by atoms with E-state index in [1.807, 2.05) is 0 Å². The lowest BCUT2D eigenvalue weighted by atomic mass is 10.0. The summed E-state index contributed by atoms with van der Waals surface area (Å²) < 4.78 is 4.44. The molecule has 0 heterocycles. The minimum Gasteiger partial charge on any atom is -0.465 e. The molecule has 0 fully saturated rings. The molecule has 6 nitrogen and oxygen atoms in total. The normalized spacial score (nSPS) is 9.31. The van der Waals surface area contributed by atoms with Crippen LogP contribution < -0.4 is 0 Å². The number of benzene rings is 1. The molecule has 6 heteroatoms. The Balaban J connectivity index is 3.47. The van der Waals surface area contributed by atoms with Gasteiger partial charge in [-0.05, 0) is 13.0 Å². The van der Waals surface area contributed by atoms with Gasteiger partial charge >= 0.3 is 5.97 Å². The first-order valence-corrected chi connectivity index (χ1v) is 4.28. The molecule has 0 aliphatic carbocycles. The average molecular weight is 220 g/mol. The van der Waals surface area contributed by atoms with Crippen LogP contribution in [0.15, 0.2) is 12.1 Å². The Morgan fingerprint density at radius 1 is 1.56 bits per heavy atom. The number of nitriles is 1. The molecule has 0 aliphatic heterocycles. The minimum absolute atomic E-state index is 0.00338. The van der Waals surface area contributed by atoms with Gasteiger partial charge in [0.25, 0.3) is 5.69 Å². The molecule has 0 aromatic heterocycles. The molecular weight excluding hydrogens is 212 g/mol. The first-order chi connectivity index (χ1) is 7.51. The molecule has 0 aliphatic rings. The quantitative estimate of drug-likeness (QED) is 0.428. The van der Waals surface area contributed by atoms with Crippen molar-refractivity contribution in [3.8, 4) is 6.07 Å². The third kappa shape index (κ3) is 1.98. The number of nitro groups is 1. The lowest BCUT2D eigenvalue weighted by molar-refractivity contribution is -0.385. The molecule has 0 saturated carbocycles. The van der Waals surface area contributed by atoms with Crippen LogP contribution in [-0.4, -0.2) is 18.0 Å². The summed E-state index contributed by atoms with van der Waals surface area (Å²) in [6.07, 6.45) is 0. The largest absolute Gasteiger partial charge is 0.465 e. The Bertz CT molecular complexity index is 502. The van der Waals surface area contributed by atoms with E-state index < -0.39 is 10.9 Å². The van der Waals surface area contributed by atoms with Gasteiger partial charge < -0.3 is 4.74 Å². The molecule has 0 radical (unpaired) electrons. The zero-order chi connectivity index (χ0) is 12.3. The number of hydrogen-bond donors (Lipinski definition) is 0. The van der Waals surface area contributed by atoms with Crippen molar-refractivity contribution in [3.63, 3.8) is 0 Å². The van der Waals surface area contributed by atoms with E-state index in [0.717, 1.165) is 6.07 Å². The van der Waals surface area contributed by atoms with E-state index in [-0.39, 0.29) is 22.4 Å². The number of nitrogens with zero attached hydrogens (tertiary/aromatic N) is 2. The minimum atomic E-state index is -0.709. The molecule has 82 valence electrons. The number of ether oxygens (including phenoxy) is 1. The first kappa shape index (κ1) is 11.7. The maximum Gasteiger partial charge on any atom is 0.338 e. The number of methoxy groups -OCH3 is 1. The Hall–Kier alpha value is -2.42. The molecule has 0 N–H and O–H groups in total. The molecular formula is C10H8N2O4. The molecule has 0 saturated heterocycles. The number of hydrogen-bond acceptors (Lipinski definition) is 5. The number of nitro benzene ring substituents is 1. The second kappa shape index (κ2) is 4.40. The summed E-state index contributed by atoms with van der Waals surface area (Å²) in [5, 5.41) is 19.5. The SMILES string of the molecule is COC(=O)c1cc(C#N)c(C)c([N+](=O)[O-])c1. The average Bonchev–Trinajstić information content (AvgIpc) is 2.27. The highest BCUT2D eigenvalue weighted by molar-refractivity contribution is 5.91. The van der Waals surface area contributed by atoms with Crippen molar-refractivity contribution >= 4 is 11.7 Å². The van der Waals surface area contributed by atoms with Crippen LogP contribution in [0.5, 0.6) is 0 Å². The summed E-state index contributed by atoms with van der Waals surface area (Å²) in [5.41, 5.74) is 0.0607. The molecule has 0 spiro atoms. The van der Waals surface area contributed by atoms with Crippen LogP contribution in [0.25, 0.3) is 0 Å². The van der Waals surface area contributed by atoms with Crippen molar-refractivity contribution in [2.24, 2.45) is 0 Å². The smallest absolute Gasteiger partial charge is 0.338 e. The predicted octanol–water partition coefficient (Wildman–Crippen LogP) is 1.56. The molecule has 0 bridgehead atoms. The van der Waals surface area contributed by atoms with Gasteiger partial charge in [0, 0.05) is 11.6 Å². The number of carbonyl (C=O) groups is 1. The molecule has 1 rings (SSSR count). The van der Waals surface area contributed by atoms with Crippen LogP contribution in [0.4, 0.5) is 5.69 Å². The van der Waals surface area contributed by atoms with Crippen molar-refractivity contribution in [1.82, 2.24) is 0 Å². The zero-order valence-corrected chi connectivity index (χ0v) is 8.68. The van der Waals surface area contributed by atoms with E-state index in [4.69, 9.17) is 5.26 Å². The fraction of sp³-hybridized carbons (Fsp3) is 0.200. The zero-order valence-electron chi connectivity index (χ0n) is 8.68. The van der Waals surface area contributed by atoms with Crippen LogP contribution >= 0.6 is 0 Å². The van der Waals surface area contributed by atoms with Gasteiger partial charge in [0.15, 0.2) is 0 Å². The summed E-state index contributed by atoms with van der Waals surface area (Å²) in [6.45, 7) is 1.46. The fourth-order valence-corrected chi connectivity index (χ4v) is 1.24. The van der Waals surface area contributed by atoms with Crippen LogP contribution in [0.2, 0.25) is 0 Å². The molecule has 1 aromatic carbocycles. The van der Waals surface area contributed by atoms with Crippen LogP contribution in [-0.2, 0) is 4.74 Å². The molecule has 1 aromatic rings. The highest BCUT2D eigenvalue weighted by Crippen LogP contribution is 2.23. The first-order valence-electron chi connectivity index (χ1n) is 4.28. The summed E-state index contributed by atoms with van der Waals surface area (Å²) in [7, 11) is 1.17. The van der Waals surface area contributed by atoms with Crippen molar-refractivity contribution in [2.75, 3.05) is 7.11 Å². The Kier molecular flexibility index (Phi) is 3.20. The molecule has 0 unspecified atom stereocenters. The van der Waals surface area contributed by atoms with Gasteiger partial charge in [-0.15, -0.1) is 0 Å². The monoisotopic (exact) mass is 220 g/mol. The maximum absolute atomic E-state index is 11.2. The van der Waals surface area contributed by atoms with Crippen molar-refractivity contribution in [1.29, 1.82) is 5.26 Å². The van der Waals surface area contributed by atoms with Gasteiger partial charge in [-0.1, -0.05) is 0 Å². The van der Waals surface area contributed by atoms with E-state index in [9.17, 15) is 14.9 Å². The van der Waals surface area contributed by atoms with Gasteiger partial charge in [-0.3, -0.25) is 10.1 Å². The van der Waals surface area contributed by atoms with Gasteiger partial charge in [0.1, 0.15) is 0 Å². The lowest BCUT2D eigenvalue weighted by Gasteiger charge is -2.03. The fourth-order valence-electron chi connectivity index (χ4n) is 1.24. The molecule has 0 atom stereocenters. The number of rotatable bonds is 2. The summed E-state index contributed by atoms with van der Waals surface area (Å²) in [5.74, 6) is -0.709. The lowest BCUT2D eigenvalue weighted by Crippen LogP contribution is -2.04. The third-order valence-electron chi connectivity index (χ3n) is 2.12. The third-order valence-corrected chi connectivity index (χ3v) is 2.12. The Morgan fingerprint density at radius 3 is 2.62 bits per heavy atom. The highest BCUT2D eigenvalue weighted by atomic mass is 16.6. The maximum atomic E-state index is 11.2. The van der Waals surface area contributed by atoms with Gasteiger partial charge in [-0.25, -0.2) is 4.79 Å². The van der Waals surface area contributed by atoms with Crippen LogP contribution in [0.1, 0.15) is 21.5 Å². The number of carbonyl (C=O) groups excluding carboxylic acids is 1. The van der Waals surface area contributed by atoms with Crippen molar-refractivity contribution < 1.29 is 14.5 Å². The molecule has 0 amide bonds. The van der Waals surface area contributed by atoms with Crippen molar-refractivity contribution in [3.05, 3.63) is 38.9 Å². The van der Waals surface area contributed by atoms with E-state index in [1.54, 1.807) is 6.07 Å². The van der Waals surface area contributed by atoms with Gasteiger partial charge in [0.2, 0.25) is 0 Å². The van der Waals surface area contributed by atoms with E-state index in [1.165, 1.54) is 20.1 Å². The van der Waals surface area contributed by atoms with Gasteiger partial charge in [-0.2, -0.15) is 5.26 Å². The topological polar surface area (TPSA) is 93.2 Å². The Labute approximate surface area is 91.2 Å². The van der Waals surface area contributed by atoms with E-state index in [2.05, 4.69) is 4.74 Å². The van der Waals surface area contributed by atoms with E-state index in [0.29, 0.717) is 0 Å². The summed E-state index contributed by atoms with van der Waals surface area (Å²) in [6, 6.07) is 4.17. The summed E-state index contributed by atoms with van der Waals surface area (Å²) in [4.78, 5) is 21.3. The van der Waals surface area contributed by atoms with Crippen LogP contribution in [0, 0.1) is 28.4 Å². The van der Waals surface area contributed by atoms with E-state index >= 15 is 0 Å². The highest BCUT2D eigenvalue weighted by Gasteiger charge is 2.19. The predicted molar refractivity (Wildman–Crippen MR) is 53.9 cm³/mol. The summed E-state index contributed by atoms with van der Waals surface area (Å²) >= 11 is 0. The van der Waals surface area contributed by atoms with Crippen molar-refractivity contribution in [2.45, 2.75) is 6.92 Å². The number of esters is 1. The van der Waals surface area contributed by atoms with Gasteiger partial charge in [0.05, 0.1) is 29.2 Å². The second-order valence-corrected chi connectivity index (χ2v) is 3.03. The standard InChI is InChI=1S/C10H8N2O4/c1-6-8(5-11)3-7(10(13)16-2)4-9(6)12(14)15/h3-4H,1-2H3. The van der Waals surface area contributed by atoms with Crippen LogP contribution in [0.3, 0.4) is 0 Å².